The molecule has 4 aromatic rings. The Labute approximate surface area is 216 Å². The molecule has 1 aliphatic heterocycles. The van der Waals surface area contributed by atoms with Gasteiger partial charge in [0, 0.05) is 16.9 Å². The maximum atomic E-state index is 14.1. The fourth-order valence-corrected chi connectivity index (χ4v) is 5.03. The SMILES string of the molecule is Cl.O=C(O)c1cccc(C2CC(CCNCCc3ccc(F)c4ccccc34)Oc3ccccc32)c1. The van der Waals surface area contributed by atoms with E-state index < -0.39 is 5.97 Å². The third-order valence-electron chi connectivity index (χ3n) is 6.80. The highest BCUT2D eigenvalue weighted by Crippen LogP contribution is 2.41. The van der Waals surface area contributed by atoms with Gasteiger partial charge in [-0.3, -0.25) is 0 Å². The van der Waals surface area contributed by atoms with Crippen molar-refractivity contribution >= 4 is 29.1 Å². The predicted octanol–water partition coefficient (Wildman–Crippen LogP) is 6.60. The Bertz CT molecular complexity index is 1360. The second kappa shape index (κ2) is 11.5. The average Bonchev–Trinajstić information content (AvgIpc) is 2.89. The highest BCUT2D eigenvalue weighted by atomic mass is 35.5. The molecular weight excluding hydrogens is 477 g/mol. The Morgan fingerprint density at radius 2 is 1.72 bits per heavy atom. The number of rotatable bonds is 8. The molecule has 0 spiro atoms. The number of nitrogens with one attached hydrogen (secondary N) is 1. The molecule has 2 atom stereocenters. The van der Waals surface area contributed by atoms with Gasteiger partial charge in [0.25, 0.3) is 0 Å². The summed E-state index contributed by atoms with van der Waals surface area (Å²) in [7, 11) is 0. The van der Waals surface area contributed by atoms with Gasteiger partial charge in [0.05, 0.1) is 5.56 Å². The molecule has 6 heteroatoms. The zero-order valence-corrected chi connectivity index (χ0v) is 20.6. The van der Waals surface area contributed by atoms with Crippen LogP contribution in [-0.2, 0) is 6.42 Å². The summed E-state index contributed by atoms with van der Waals surface area (Å²) in [6.45, 7) is 1.59. The maximum absolute atomic E-state index is 14.1. The van der Waals surface area contributed by atoms with Crippen molar-refractivity contribution in [2.75, 3.05) is 13.1 Å². The molecule has 1 aliphatic rings. The first-order chi connectivity index (χ1) is 17.1. The van der Waals surface area contributed by atoms with Gasteiger partial charge in [-0.15, -0.1) is 12.4 Å². The molecule has 0 radical (unpaired) electrons. The fourth-order valence-electron chi connectivity index (χ4n) is 5.03. The van der Waals surface area contributed by atoms with Crippen molar-refractivity contribution in [1.82, 2.24) is 5.32 Å². The van der Waals surface area contributed by atoms with Crippen molar-refractivity contribution in [1.29, 1.82) is 0 Å². The predicted molar refractivity (Wildman–Crippen MR) is 143 cm³/mol. The van der Waals surface area contributed by atoms with E-state index in [-0.39, 0.29) is 30.2 Å². The van der Waals surface area contributed by atoms with Gasteiger partial charge < -0.3 is 15.2 Å². The van der Waals surface area contributed by atoms with Crippen LogP contribution in [0.5, 0.6) is 5.75 Å². The number of hydrogen-bond donors (Lipinski definition) is 2. The number of carboxylic acids is 1. The molecule has 0 bridgehead atoms. The molecule has 0 saturated heterocycles. The van der Waals surface area contributed by atoms with E-state index in [4.69, 9.17) is 4.74 Å². The molecule has 0 saturated carbocycles. The highest BCUT2D eigenvalue weighted by molar-refractivity contribution is 5.88. The minimum Gasteiger partial charge on any atom is -0.490 e. The minimum atomic E-state index is -0.915. The standard InChI is InChI=1S/C30H28FNO3.ClH/c31-28-13-12-20(24-8-1-2-9-25(24)28)14-16-32-17-15-23-19-27(26-10-3-4-11-29(26)35-23)21-6-5-7-22(18-21)30(33)34;/h1-13,18,23,27,32H,14-17,19H2,(H,33,34);1H. The molecule has 36 heavy (non-hydrogen) atoms. The van der Waals surface area contributed by atoms with E-state index in [2.05, 4.69) is 11.4 Å². The second-order valence-corrected chi connectivity index (χ2v) is 9.04. The van der Waals surface area contributed by atoms with Crippen molar-refractivity contribution in [2.24, 2.45) is 0 Å². The van der Waals surface area contributed by atoms with Crippen LogP contribution in [0.25, 0.3) is 10.8 Å². The van der Waals surface area contributed by atoms with Gasteiger partial charge in [-0.2, -0.15) is 0 Å². The third-order valence-corrected chi connectivity index (χ3v) is 6.80. The fraction of sp³-hybridized carbons (Fsp3) is 0.233. The quantitative estimate of drug-likeness (QED) is 0.265. The average molecular weight is 506 g/mol. The largest absolute Gasteiger partial charge is 0.490 e. The summed E-state index contributed by atoms with van der Waals surface area (Å²) in [6, 6.07) is 26.3. The van der Waals surface area contributed by atoms with E-state index in [0.717, 1.165) is 60.2 Å². The monoisotopic (exact) mass is 505 g/mol. The number of fused-ring (bicyclic) bond motifs is 2. The van der Waals surface area contributed by atoms with Crippen molar-refractivity contribution in [3.8, 4) is 5.75 Å². The van der Waals surface area contributed by atoms with Crippen molar-refractivity contribution < 1.29 is 19.0 Å². The topological polar surface area (TPSA) is 58.6 Å². The van der Waals surface area contributed by atoms with E-state index in [1.54, 1.807) is 18.2 Å². The third kappa shape index (κ3) is 5.53. The Balaban J connectivity index is 0.00000304. The molecule has 0 aromatic heterocycles. The van der Waals surface area contributed by atoms with Gasteiger partial charge in [0.15, 0.2) is 0 Å². The molecule has 1 heterocycles. The number of hydrogen-bond acceptors (Lipinski definition) is 3. The zero-order valence-electron chi connectivity index (χ0n) is 19.8. The smallest absolute Gasteiger partial charge is 0.335 e. The Morgan fingerprint density at radius 1 is 0.944 bits per heavy atom. The van der Waals surface area contributed by atoms with Crippen LogP contribution < -0.4 is 10.1 Å². The lowest BCUT2D eigenvalue weighted by atomic mass is 9.83. The van der Waals surface area contributed by atoms with E-state index in [9.17, 15) is 14.3 Å². The van der Waals surface area contributed by atoms with Crippen LogP contribution in [-0.4, -0.2) is 30.3 Å². The van der Waals surface area contributed by atoms with Crippen LogP contribution in [0.4, 0.5) is 4.39 Å². The summed E-state index contributed by atoms with van der Waals surface area (Å²) in [5, 5.41) is 14.6. The summed E-state index contributed by atoms with van der Waals surface area (Å²) in [5.74, 6) is -0.139. The summed E-state index contributed by atoms with van der Waals surface area (Å²) in [4.78, 5) is 11.5. The molecule has 186 valence electrons. The van der Waals surface area contributed by atoms with Crippen molar-refractivity contribution in [3.63, 3.8) is 0 Å². The summed E-state index contributed by atoms with van der Waals surface area (Å²) in [5.41, 5.74) is 3.54. The molecule has 5 rings (SSSR count). The van der Waals surface area contributed by atoms with Gasteiger partial charge in [-0.05, 0) is 73.1 Å². The summed E-state index contributed by atoms with van der Waals surface area (Å²) < 4.78 is 20.4. The Kier molecular flexibility index (Phi) is 8.24. The van der Waals surface area contributed by atoms with Gasteiger partial charge in [0.1, 0.15) is 17.7 Å². The van der Waals surface area contributed by atoms with Crippen LogP contribution in [0.15, 0.2) is 84.9 Å². The number of ether oxygens (including phenoxy) is 1. The first kappa shape index (κ1) is 25.7. The van der Waals surface area contributed by atoms with Crippen molar-refractivity contribution in [2.45, 2.75) is 31.3 Å². The molecule has 0 aliphatic carbocycles. The molecule has 2 unspecified atom stereocenters. The molecular formula is C30H29ClFNO3. The van der Waals surface area contributed by atoms with Crippen molar-refractivity contribution in [3.05, 3.63) is 113 Å². The Hall–Kier alpha value is -3.41. The van der Waals surface area contributed by atoms with Crippen LogP contribution >= 0.6 is 12.4 Å². The maximum Gasteiger partial charge on any atom is 0.335 e. The molecule has 0 fully saturated rings. The van der Waals surface area contributed by atoms with Crippen LogP contribution in [0.1, 0.15) is 45.8 Å². The lowest BCUT2D eigenvalue weighted by Gasteiger charge is -2.33. The van der Waals surface area contributed by atoms with Gasteiger partial charge >= 0.3 is 5.97 Å². The minimum absolute atomic E-state index is 0. The Morgan fingerprint density at radius 3 is 2.56 bits per heavy atom. The van der Waals surface area contributed by atoms with Crippen LogP contribution in [0.3, 0.4) is 0 Å². The van der Waals surface area contributed by atoms with Gasteiger partial charge in [0.2, 0.25) is 0 Å². The number of benzene rings is 4. The number of halogens is 2. The lowest BCUT2D eigenvalue weighted by Crippen LogP contribution is -2.30. The first-order valence-electron chi connectivity index (χ1n) is 12.1. The van der Waals surface area contributed by atoms with E-state index in [1.165, 1.54) is 0 Å². The van der Waals surface area contributed by atoms with E-state index in [0.29, 0.717) is 10.9 Å². The van der Waals surface area contributed by atoms with E-state index in [1.807, 2.05) is 60.7 Å². The van der Waals surface area contributed by atoms with E-state index >= 15 is 0 Å². The second-order valence-electron chi connectivity index (χ2n) is 9.04. The number of aromatic carboxylic acids is 1. The molecule has 2 N–H and O–H groups in total. The normalized spacial score (nSPS) is 16.6. The number of carboxylic acid groups (broad SMARTS) is 1. The van der Waals surface area contributed by atoms with Gasteiger partial charge in [-0.1, -0.05) is 60.7 Å². The lowest BCUT2D eigenvalue weighted by molar-refractivity contribution is 0.0696. The number of carbonyl (C=O) groups is 1. The van der Waals surface area contributed by atoms with Crippen LogP contribution in [0, 0.1) is 5.82 Å². The zero-order chi connectivity index (χ0) is 24.2. The summed E-state index contributed by atoms with van der Waals surface area (Å²) in [6.07, 6.45) is 2.49. The number of para-hydroxylation sites is 1. The van der Waals surface area contributed by atoms with Crippen LogP contribution in [0.2, 0.25) is 0 Å². The first-order valence-corrected chi connectivity index (χ1v) is 12.1. The molecule has 4 aromatic carbocycles. The highest BCUT2D eigenvalue weighted by Gasteiger charge is 2.29. The molecule has 4 nitrogen and oxygen atoms in total. The summed E-state index contributed by atoms with van der Waals surface area (Å²) >= 11 is 0. The van der Waals surface area contributed by atoms with Gasteiger partial charge in [-0.25, -0.2) is 9.18 Å². The molecule has 0 amide bonds.